The zero-order chi connectivity index (χ0) is 21.7. The summed E-state index contributed by atoms with van der Waals surface area (Å²) in [4.78, 5) is 24.2. The van der Waals surface area contributed by atoms with Crippen molar-refractivity contribution in [3.63, 3.8) is 0 Å². The highest BCUT2D eigenvalue weighted by Crippen LogP contribution is 2.24. The Morgan fingerprint density at radius 3 is 2.57 bits per heavy atom. The van der Waals surface area contributed by atoms with E-state index in [1.54, 1.807) is 12.1 Å². The Hall–Kier alpha value is -3.68. The number of aryl methyl sites for hydroxylation is 1. The quantitative estimate of drug-likeness (QED) is 0.596. The third kappa shape index (κ3) is 4.65. The predicted octanol–water partition coefficient (Wildman–Crippen LogP) is 2.72. The number of carbonyl (C=O) groups is 2. The maximum absolute atomic E-state index is 14.1. The molecule has 156 valence electrons. The number of hydrogen-bond donors (Lipinski definition) is 2. The van der Waals surface area contributed by atoms with Crippen molar-refractivity contribution >= 4 is 11.8 Å². The largest absolute Gasteiger partial charge is 0.481 e. The van der Waals surface area contributed by atoms with E-state index in [0.29, 0.717) is 0 Å². The van der Waals surface area contributed by atoms with E-state index in [2.05, 4.69) is 10.4 Å². The van der Waals surface area contributed by atoms with E-state index in [4.69, 9.17) is 10.5 Å². The third-order valence-electron chi connectivity index (χ3n) is 4.78. The molecule has 7 nitrogen and oxygen atoms in total. The molecule has 3 rings (SSSR count). The number of halogens is 1. The van der Waals surface area contributed by atoms with E-state index in [0.717, 1.165) is 11.1 Å². The lowest BCUT2D eigenvalue weighted by molar-refractivity contribution is -0.118. The molecule has 8 heteroatoms. The van der Waals surface area contributed by atoms with Crippen molar-refractivity contribution < 1.29 is 18.7 Å². The summed E-state index contributed by atoms with van der Waals surface area (Å²) in [5.74, 6) is -1.47. The Balaban J connectivity index is 1.80. The van der Waals surface area contributed by atoms with Crippen LogP contribution in [-0.4, -0.2) is 35.2 Å². The van der Waals surface area contributed by atoms with Gasteiger partial charge in [-0.1, -0.05) is 36.4 Å². The first-order valence-electron chi connectivity index (χ1n) is 9.41. The minimum Gasteiger partial charge on any atom is -0.481 e. The van der Waals surface area contributed by atoms with Crippen molar-refractivity contribution in [2.75, 3.05) is 13.7 Å². The molecule has 2 amide bonds. The van der Waals surface area contributed by atoms with Crippen LogP contribution in [0, 0.1) is 12.7 Å². The number of benzene rings is 2. The Morgan fingerprint density at radius 2 is 1.90 bits per heavy atom. The number of para-hydroxylation sites is 1. The summed E-state index contributed by atoms with van der Waals surface area (Å²) < 4.78 is 20.6. The van der Waals surface area contributed by atoms with Gasteiger partial charge in [-0.25, -0.2) is 4.39 Å². The van der Waals surface area contributed by atoms with Crippen molar-refractivity contribution in [2.24, 2.45) is 5.73 Å². The van der Waals surface area contributed by atoms with Crippen LogP contribution in [0.25, 0.3) is 5.69 Å². The first-order chi connectivity index (χ1) is 14.4. The second kappa shape index (κ2) is 9.21. The minimum atomic E-state index is -0.494. The predicted molar refractivity (Wildman–Crippen MR) is 110 cm³/mol. The number of ether oxygens (including phenoxy) is 1. The zero-order valence-electron chi connectivity index (χ0n) is 16.8. The van der Waals surface area contributed by atoms with Gasteiger partial charge in [0, 0.05) is 24.9 Å². The molecule has 0 bridgehead atoms. The van der Waals surface area contributed by atoms with Gasteiger partial charge in [0.1, 0.15) is 11.5 Å². The minimum absolute atomic E-state index is 0.0673. The highest BCUT2D eigenvalue weighted by Gasteiger charge is 2.21. The fourth-order valence-electron chi connectivity index (χ4n) is 3.30. The van der Waals surface area contributed by atoms with Crippen LogP contribution in [0.2, 0.25) is 0 Å². The molecule has 0 radical (unpaired) electrons. The summed E-state index contributed by atoms with van der Waals surface area (Å²) in [7, 11) is 1.41. The van der Waals surface area contributed by atoms with E-state index in [9.17, 15) is 14.0 Å². The number of amides is 2. The highest BCUT2D eigenvalue weighted by molar-refractivity contribution is 5.92. The Morgan fingerprint density at radius 1 is 1.20 bits per heavy atom. The molecular formula is C22H23FN4O3. The zero-order valence-corrected chi connectivity index (χ0v) is 16.8. The average molecular weight is 410 g/mol. The Kier molecular flexibility index (Phi) is 6.46. The fraction of sp³-hybridized carbons (Fsp3) is 0.227. The topological polar surface area (TPSA) is 99.2 Å². The van der Waals surface area contributed by atoms with Crippen molar-refractivity contribution in [2.45, 2.75) is 19.3 Å². The molecular weight excluding hydrogens is 387 g/mol. The van der Waals surface area contributed by atoms with Crippen LogP contribution >= 0.6 is 0 Å². The maximum atomic E-state index is 14.1. The smallest absolute Gasteiger partial charge is 0.271 e. The van der Waals surface area contributed by atoms with Gasteiger partial charge < -0.3 is 15.8 Å². The van der Waals surface area contributed by atoms with Crippen LogP contribution in [0.5, 0.6) is 5.88 Å². The van der Waals surface area contributed by atoms with Crippen LogP contribution < -0.4 is 15.8 Å². The highest BCUT2D eigenvalue weighted by atomic mass is 19.1. The van der Waals surface area contributed by atoms with E-state index in [-0.39, 0.29) is 36.1 Å². The van der Waals surface area contributed by atoms with Crippen molar-refractivity contribution in [1.29, 1.82) is 0 Å². The lowest BCUT2D eigenvalue weighted by Crippen LogP contribution is -2.31. The van der Waals surface area contributed by atoms with Crippen molar-refractivity contribution in [3.8, 4) is 11.6 Å². The van der Waals surface area contributed by atoms with E-state index in [1.807, 2.05) is 31.2 Å². The standard InChI is InChI=1S/C22H23FN4O3/c1-14-7-3-4-8-16(14)15(11-20(24)28)13-25-22(29)18-12-21(30-2)27(26-18)19-10-6-5-9-17(19)23/h3-10,12,15H,11,13H2,1-2H3,(H2,24,28)(H,25,29). The Bertz CT molecular complexity index is 1060. The molecule has 1 aromatic heterocycles. The number of primary amides is 1. The molecule has 0 saturated carbocycles. The SMILES string of the molecule is COc1cc(C(=O)NCC(CC(N)=O)c2ccccc2C)nn1-c1ccccc1F. The van der Waals surface area contributed by atoms with Crippen LogP contribution in [0.1, 0.15) is 34.0 Å². The lowest BCUT2D eigenvalue weighted by Gasteiger charge is -2.18. The molecule has 3 N–H and O–H groups in total. The second-order valence-electron chi connectivity index (χ2n) is 6.87. The van der Waals surface area contributed by atoms with Crippen LogP contribution in [0.15, 0.2) is 54.6 Å². The molecule has 30 heavy (non-hydrogen) atoms. The number of aromatic nitrogens is 2. The molecule has 0 aliphatic carbocycles. The molecule has 0 saturated heterocycles. The summed E-state index contributed by atoms with van der Waals surface area (Å²) in [5, 5.41) is 6.98. The van der Waals surface area contributed by atoms with Gasteiger partial charge in [-0.15, -0.1) is 0 Å². The molecule has 0 aliphatic heterocycles. The molecule has 1 atom stereocenters. The van der Waals surface area contributed by atoms with Crippen LogP contribution in [0.3, 0.4) is 0 Å². The van der Waals surface area contributed by atoms with Gasteiger partial charge in [0.25, 0.3) is 5.91 Å². The van der Waals surface area contributed by atoms with Crippen LogP contribution in [-0.2, 0) is 4.79 Å². The van der Waals surface area contributed by atoms with E-state index < -0.39 is 17.6 Å². The molecule has 0 fully saturated rings. The van der Waals surface area contributed by atoms with Gasteiger partial charge in [-0.3, -0.25) is 9.59 Å². The molecule has 0 aliphatic rings. The van der Waals surface area contributed by atoms with Gasteiger partial charge in [0.15, 0.2) is 5.69 Å². The summed E-state index contributed by atoms with van der Waals surface area (Å²) >= 11 is 0. The summed E-state index contributed by atoms with van der Waals surface area (Å²) in [5.41, 5.74) is 7.57. The summed E-state index contributed by atoms with van der Waals surface area (Å²) in [6.07, 6.45) is 0.0954. The van der Waals surface area contributed by atoms with Crippen molar-refractivity contribution in [1.82, 2.24) is 15.1 Å². The Labute approximate surface area is 173 Å². The molecule has 0 spiro atoms. The number of nitrogens with one attached hydrogen (secondary N) is 1. The number of carbonyl (C=O) groups excluding carboxylic acids is 2. The number of rotatable bonds is 8. The van der Waals surface area contributed by atoms with Gasteiger partial charge in [-0.2, -0.15) is 9.78 Å². The fourth-order valence-corrected chi connectivity index (χ4v) is 3.30. The van der Waals surface area contributed by atoms with Gasteiger partial charge >= 0.3 is 0 Å². The van der Waals surface area contributed by atoms with Gasteiger partial charge in [0.2, 0.25) is 11.8 Å². The second-order valence-corrected chi connectivity index (χ2v) is 6.87. The molecule has 3 aromatic rings. The lowest BCUT2D eigenvalue weighted by atomic mass is 9.91. The number of nitrogens with zero attached hydrogens (tertiary/aromatic N) is 2. The molecule has 1 heterocycles. The summed E-state index contributed by atoms with van der Waals surface area (Å²) in [6.45, 7) is 2.13. The normalized spacial score (nSPS) is 11.7. The molecule has 1 unspecified atom stereocenters. The third-order valence-corrected chi connectivity index (χ3v) is 4.78. The number of nitrogens with two attached hydrogens (primary N) is 1. The summed E-state index contributed by atoms with van der Waals surface area (Å²) in [6, 6.07) is 15.1. The first-order valence-corrected chi connectivity index (χ1v) is 9.41. The van der Waals surface area contributed by atoms with Crippen LogP contribution in [0.4, 0.5) is 4.39 Å². The van der Waals surface area contributed by atoms with E-state index >= 15 is 0 Å². The number of hydrogen-bond acceptors (Lipinski definition) is 4. The van der Waals surface area contributed by atoms with Gasteiger partial charge in [0.05, 0.1) is 7.11 Å². The van der Waals surface area contributed by atoms with Gasteiger partial charge in [-0.05, 0) is 30.2 Å². The van der Waals surface area contributed by atoms with Crippen molar-refractivity contribution in [3.05, 3.63) is 77.2 Å². The molecule has 2 aromatic carbocycles. The van der Waals surface area contributed by atoms with E-state index in [1.165, 1.54) is 30.0 Å². The maximum Gasteiger partial charge on any atom is 0.271 e. The monoisotopic (exact) mass is 410 g/mol. The first kappa shape index (κ1) is 21.0. The average Bonchev–Trinajstić information content (AvgIpc) is 3.16. The number of methoxy groups -OCH3 is 1.